The lowest BCUT2D eigenvalue weighted by Gasteiger charge is -2.03. The standard InChI is InChI=1S/C16H10FN3O/c17-13-5-2-6-14-12(13)8-15(20-14)16(21)19-11-4-1-3-10(7-11)9-18/h1-8,20H,(H,19,21). The number of aromatic nitrogens is 1. The number of rotatable bonds is 2. The third-order valence-electron chi connectivity index (χ3n) is 3.11. The molecule has 1 heterocycles. The molecule has 1 amide bonds. The average Bonchev–Trinajstić information content (AvgIpc) is 2.93. The van der Waals surface area contributed by atoms with E-state index in [0.717, 1.165) is 0 Å². The van der Waals surface area contributed by atoms with Gasteiger partial charge in [0, 0.05) is 16.6 Å². The molecular weight excluding hydrogens is 269 g/mol. The highest BCUT2D eigenvalue weighted by Crippen LogP contribution is 2.19. The summed E-state index contributed by atoms with van der Waals surface area (Å²) in [4.78, 5) is 15.0. The summed E-state index contributed by atoms with van der Waals surface area (Å²) in [6, 6.07) is 14.7. The number of nitrogens with zero attached hydrogens (tertiary/aromatic N) is 1. The van der Waals surface area contributed by atoms with E-state index in [4.69, 9.17) is 5.26 Å². The van der Waals surface area contributed by atoms with Crippen LogP contribution in [-0.2, 0) is 0 Å². The largest absolute Gasteiger partial charge is 0.350 e. The molecule has 102 valence electrons. The van der Waals surface area contributed by atoms with Crippen molar-refractivity contribution in [3.8, 4) is 6.07 Å². The van der Waals surface area contributed by atoms with E-state index in [1.165, 1.54) is 12.1 Å². The summed E-state index contributed by atoms with van der Waals surface area (Å²) in [6.45, 7) is 0. The maximum absolute atomic E-state index is 13.6. The normalized spacial score (nSPS) is 10.3. The summed E-state index contributed by atoms with van der Waals surface area (Å²) in [7, 11) is 0. The van der Waals surface area contributed by atoms with Gasteiger partial charge in [-0.05, 0) is 36.4 Å². The molecule has 1 aromatic heterocycles. The van der Waals surface area contributed by atoms with Crippen molar-refractivity contribution >= 4 is 22.5 Å². The summed E-state index contributed by atoms with van der Waals surface area (Å²) in [5.74, 6) is -0.769. The van der Waals surface area contributed by atoms with Gasteiger partial charge in [0.1, 0.15) is 11.5 Å². The summed E-state index contributed by atoms with van der Waals surface area (Å²) < 4.78 is 13.6. The van der Waals surface area contributed by atoms with E-state index in [-0.39, 0.29) is 17.4 Å². The number of H-pyrrole nitrogens is 1. The molecular formula is C16H10FN3O. The first-order chi connectivity index (χ1) is 10.2. The second kappa shape index (κ2) is 5.10. The van der Waals surface area contributed by atoms with Gasteiger partial charge in [-0.15, -0.1) is 0 Å². The number of amides is 1. The molecule has 5 heteroatoms. The Hall–Kier alpha value is -3.13. The molecule has 2 N–H and O–H groups in total. The molecule has 0 fully saturated rings. The Balaban J connectivity index is 1.90. The monoisotopic (exact) mass is 279 g/mol. The van der Waals surface area contributed by atoms with Gasteiger partial charge in [-0.2, -0.15) is 5.26 Å². The van der Waals surface area contributed by atoms with Crippen molar-refractivity contribution < 1.29 is 9.18 Å². The Labute approximate surface area is 119 Å². The van der Waals surface area contributed by atoms with Crippen LogP contribution in [0, 0.1) is 17.1 Å². The average molecular weight is 279 g/mol. The first-order valence-electron chi connectivity index (χ1n) is 6.26. The van der Waals surface area contributed by atoms with Gasteiger partial charge in [0.2, 0.25) is 0 Å². The number of carbonyl (C=O) groups is 1. The molecule has 0 spiro atoms. The summed E-state index contributed by atoms with van der Waals surface area (Å²) >= 11 is 0. The third-order valence-corrected chi connectivity index (χ3v) is 3.11. The number of nitrogens with one attached hydrogen (secondary N) is 2. The molecule has 21 heavy (non-hydrogen) atoms. The van der Waals surface area contributed by atoms with Crippen LogP contribution in [0.3, 0.4) is 0 Å². The molecule has 3 aromatic rings. The van der Waals surface area contributed by atoms with E-state index in [1.807, 2.05) is 6.07 Å². The quantitative estimate of drug-likeness (QED) is 0.754. The van der Waals surface area contributed by atoms with Crippen molar-refractivity contribution in [1.82, 2.24) is 4.98 Å². The van der Waals surface area contributed by atoms with Gasteiger partial charge in [-0.1, -0.05) is 12.1 Å². The maximum atomic E-state index is 13.6. The van der Waals surface area contributed by atoms with Gasteiger partial charge < -0.3 is 10.3 Å². The molecule has 0 bridgehead atoms. The Morgan fingerprint density at radius 2 is 2.00 bits per heavy atom. The lowest BCUT2D eigenvalue weighted by atomic mass is 10.2. The van der Waals surface area contributed by atoms with Crippen LogP contribution in [0.2, 0.25) is 0 Å². The van der Waals surface area contributed by atoms with Crippen molar-refractivity contribution in [2.24, 2.45) is 0 Å². The molecule has 2 aromatic carbocycles. The zero-order chi connectivity index (χ0) is 14.8. The highest BCUT2D eigenvalue weighted by Gasteiger charge is 2.12. The molecule has 0 saturated carbocycles. The lowest BCUT2D eigenvalue weighted by Crippen LogP contribution is -2.12. The zero-order valence-corrected chi connectivity index (χ0v) is 10.9. The van der Waals surface area contributed by atoms with E-state index >= 15 is 0 Å². The number of hydrogen-bond acceptors (Lipinski definition) is 2. The fourth-order valence-corrected chi connectivity index (χ4v) is 2.11. The van der Waals surface area contributed by atoms with Crippen molar-refractivity contribution in [1.29, 1.82) is 5.26 Å². The van der Waals surface area contributed by atoms with E-state index in [9.17, 15) is 9.18 Å². The first-order valence-corrected chi connectivity index (χ1v) is 6.26. The van der Waals surface area contributed by atoms with Crippen LogP contribution >= 0.6 is 0 Å². The minimum atomic E-state index is -0.388. The fraction of sp³-hybridized carbons (Fsp3) is 0. The highest BCUT2D eigenvalue weighted by atomic mass is 19.1. The number of aromatic amines is 1. The van der Waals surface area contributed by atoms with Gasteiger partial charge in [-0.25, -0.2) is 4.39 Å². The zero-order valence-electron chi connectivity index (χ0n) is 10.9. The number of fused-ring (bicyclic) bond motifs is 1. The SMILES string of the molecule is N#Cc1cccc(NC(=O)c2cc3c(F)cccc3[nH]2)c1. The minimum absolute atomic E-state index is 0.262. The molecule has 3 rings (SSSR count). The molecule has 0 atom stereocenters. The molecule has 0 unspecified atom stereocenters. The molecule has 0 aliphatic carbocycles. The number of halogens is 1. The topological polar surface area (TPSA) is 68.7 Å². The molecule has 4 nitrogen and oxygen atoms in total. The van der Waals surface area contributed by atoms with Gasteiger partial charge >= 0.3 is 0 Å². The number of carbonyl (C=O) groups excluding carboxylic acids is 1. The van der Waals surface area contributed by atoms with Crippen LogP contribution < -0.4 is 5.32 Å². The lowest BCUT2D eigenvalue weighted by molar-refractivity contribution is 0.102. The molecule has 0 aliphatic rings. The molecule has 0 saturated heterocycles. The molecule has 0 aliphatic heterocycles. The summed E-state index contributed by atoms with van der Waals surface area (Å²) in [5, 5.41) is 11.9. The second-order valence-corrected chi connectivity index (χ2v) is 4.53. The second-order valence-electron chi connectivity index (χ2n) is 4.53. The Morgan fingerprint density at radius 3 is 2.76 bits per heavy atom. The predicted molar refractivity (Wildman–Crippen MR) is 77.4 cm³/mol. The number of anilines is 1. The van der Waals surface area contributed by atoms with E-state index in [1.54, 1.807) is 36.4 Å². The van der Waals surface area contributed by atoms with Crippen LogP contribution in [0.5, 0.6) is 0 Å². The van der Waals surface area contributed by atoms with E-state index < -0.39 is 0 Å². The van der Waals surface area contributed by atoms with Crippen molar-refractivity contribution in [3.05, 3.63) is 65.6 Å². The van der Waals surface area contributed by atoms with Crippen LogP contribution in [0.25, 0.3) is 10.9 Å². The number of hydrogen-bond donors (Lipinski definition) is 2. The maximum Gasteiger partial charge on any atom is 0.272 e. The Kier molecular flexibility index (Phi) is 3.13. The van der Waals surface area contributed by atoms with E-state index in [2.05, 4.69) is 10.3 Å². The molecule has 0 radical (unpaired) electrons. The van der Waals surface area contributed by atoms with Crippen LogP contribution in [-0.4, -0.2) is 10.9 Å². The Bertz CT molecular complexity index is 877. The van der Waals surface area contributed by atoms with E-state index in [0.29, 0.717) is 22.2 Å². The number of benzene rings is 2. The fourth-order valence-electron chi connectivity index (χ4n) is 2.11. The summed E-state index contributed by atoms with van der Waals surface area (Å²) in [5.41, 5.74) is 1.79. The van der Waals surface area contributed by atoms with Crippen LogP contribution in [0.15, 0.2) is 48.5 Å². The van der Waals surface area contributed by atoms with Crippen molar-refractivity contribution in [3.63, 3.8) is 0 Å². The predicted octanol–water partition coefficient (Wildman–Crippen LogP) is 3.43. The Morgan fingerprint density at radius 1 is 1.19 bits per heavy atom. The van der Waals surface area contributed by atoms with Gasteiger partial charge in [0.25, 0.3) is 5.91 Å². The summed E-state index contributed by atoms with van der Waals surface area (Å²) in [6.07, 6.45) is 0. The third kappa shape index (κ3) is 2.47. The van der Waals surface area contributed by atoms with Crippen LogP contribution in [0.4, 0.5) is 10.1 Å². The van der Waals surface area contributed by atoms with Gasteiger partial charge in [0.15, 0.2) is 0 Å². The minimum Gasteiger partial charge on any atom is -0.350 e. The first kappa shape index (κ1) is 12.9. The van der Waals surface area contributed by atoms with Gasteiger partial charge in [-0.3, -0.25) is 4.79 Å². The van der Waals surface area contributed by atoms with Crippen molar-refractivity contribution in [2.45, 2.75) is 0 Å². The smallest absolute Gasteiger partial charge is 0.272 e. The van der Waals surface area contributed by atoms with Crippen LogP contribution in [0.1, 0.15) is 16.1 Å². The van der Waals surface area contributed by atoms with Gasteiger partial charge in [0.05, 0.1) is 11.6 Å². The van der Waals surface area contributed by atoms with Crippen molar-refractivity contribution in [2.75, 3.05) is 5.32 Å². The number of nitriles is 1. The highest BCUT2D eigenvalue weighted by molar-refractivity contribution is 6.06.